The minimum atomic E-state index is -0.505. The zero-order valence-corrected chi connectivity index (χ0v) is 11.9. The van der Waals surface area contributed by atoms with Gasteiger partial charge in [0, 0.05) is 5.38 Å². The number of nitrogens with zero attached hydrogens (tertiary/aromatic N) is 1. The SMILES string of the molecule is N#Cc1cc(F)ccc1NC(=O)c1csc(I)c1. The highest BCUT2D eigenvalue weighted by Crippen LogP contribution is 2.20. The molecule has 2 aromatic rings. The zero-order valence-electron chi connectivity index (χ0n) is 8.91. The molecule has 1 aromatic carbocycles. The highest BCUT2D eigenvalue weighted by molar-refractivity contribution is 14.1. The average Bonchev–Trinajstić information content (AvgIpc) is 2.78. The van der Waals surface area contributed by atoms with Crippen molar-refractivity contribution >= 4 is 45.5 Å². The summed E-state index contributed by atoms with van der Waals surface area (Å²) in [6.07, 6.45) is 0. The molecular formula is C12H6FIN2OS. The number of amides is 1. The lowest BCUT2D eigenvalue weighted by atomic mass is 10.2. The molecule has 0 fully saturated rings. The fourth-order valence-corrected chi connectivity index (χ4v) is 2.67. The maximum absolute atomic E-state index is 12.9. The van der Waals surface area contributed by atoms with Crippen molar-refractivity contribution in [3.05, 3.63) is 49.5 Å². The standard InChI is InChI=1S/C12H6FIN2OS/c13-9-1-2-10(7(3-9)5-15)16-12(17)8-4-11(14)18-6-8/h1-4,6H,(H,16,17). The molecule has 2 rings (SSSR count). The second kappa shape index (κ2) is 5.46. The van der Waals surface area contributed by atoms with Crippen LogP contribution in [0.3, 0.4) is 0 Å². The fraction of sp³-hybridized carbons (Fsp3) is 0. The minimum absolute atomic E-state index is 0.105. The lowest BCUT2D eigenvalue weighted by Gasteiger charge is -2.05. The van der Waals surface area contributed by atoms with E-state index in [1.54, 1.807) is 11.4 Å². The van der Waals surface area contributed by atoms with Crippen molar-refractivity contribution in [1.29, 1.82) is 5.26 Å². The predicted octanol–water partition coefficient (Wildman–Crippen LogP) is 3.62. The molecule has 1 amide bonds. The summed E-state index contributed by atoms with van der Waals surface area (Å²) in [7, 11) is 0. The molecule has 3 nitrogen and oxygen atoms in total. The van der Waals surface area contributed by atoms with E-state index in [2.05, 4.69) is 27.9 Å². The van der Waals surface area contributed by atoms with Crippen LogP contribution in [0.15, 0.2) is 29.6 Å². The Bertz CT molecular complexity index is 648. The highest BCUT2D eigenvalue weighted by Gasteiger charge is 2.11. The molecule has 0 saturated heterocycles. The molecule has 1 heterocycles. The summed E-state index contributed by atoms with van der Waals surface area (Å²) in [6.45, 7) is 0. The topological polar surface area (TPSA) is 52.9 Å². The van der Waals surface area contributed by atoms with E-state index >= 15 is 0 Å². The van der Waals surface area contributed by atoms with Crippen molar-refractivity contribution in [3.63, 3.8) is 0 Å². The summed E-state index contributed by atoms with van der Waals surface area (Å²) in [4.78, 5) is 11.9. The lowest BCUT2D eigenvalue weighted by Crippen LogP contribution is -2.12. The number of carbonyl (C=O) groups excluding carboxylic acids is 1. The van der Waals surface area contributed by atoms with Gasteiger partial charge in [-0.3, -0.25) is 4.79 Å². The molecule has 0 saturated carbocycles. The van der Waals surface area contributed by atoms with Gasteiger partial charge in [0.2, 0.25) is 0 Å². The van der Waals surface area contributed by atoms with Gasteiger partial charge in [-0.25, -0.2) is 4.39 Å². The van der Waals surface area contributed by atoms with E-state index in [1.807, 2.05) is 6.07 Å². The first-order chi connectivity index (χ1) is 8.60. The van der Waals surface area contributed by atoms with Crippen LogP contribution < -0.4 is 5.32 Å². The van der Waals surface area contributed by atoms with Gasteiger partial charge in [-0.05, 0) is 46.9 Å². The van der Waals surface area contributed by atoms with Crippen LogP contribution in [0.2, 0.25) is 0 Å². The van der Waals surface area contributed by atoms with E-state index in [0.29, 0.717) is 11.3 Å². The monoisotopic (exact) mass is 372 g/mol. The number of nitrogens with one attached hydrogen (secondary N) is 1. The Morgan fingerprint density at radius 1 is 1.44 bits per heavy atom. The number of benzene rings is 1. The number of hydrogen-bond donors (Lipinski definition) is 1. The molecule has 90 valence electrons. The Kier molecular flexibility index (Phi) is 3.93. The van der Waals surface area contributed by atoms with Crippen molar-refractivity contribution < 1.29 is 9.18 Å². The number of nitriles is 1. The van der Waals surface area contributed by atoms with Crippen LogP contribution in [0.4, 0.5) is 10.1 Å². The van der Waals surface area contributed by atoms with Crippen LogP contribution in [0, 0.1) is 20.0 Å². The van der Waals surface area contributed by atoms with E-state index < -0.39 is 5.82 Å². The van der Waals surface area contributed by atoms with Crippen molar-refractivity contribution in [2.45, 2.75) is 0 Å². The van der Waals surface area contributed by atoms with Gasteiger partial charge in [-0.2, -0.15) is 5.26 Å². The van der Waals surface area contributed by atoms with E-state index in [0.717, 1.165) is 8.95 Å². The maximum Gasteiger partial charge on any atom is 0.256 e. The molecule has 0 spiro atoms. The molecule has 0 radical (unpaired) electrons. The summed E-state index contributed by atoms with van der Waals surface area (Å²) in [5.41, 5.74) is 0.941. The largest absolute Gasteiger partial charge is 0.321 e. The van der Waals surface area contributed by atoms with Crippen LogP contribution in [0.1, 0.15) is 15.9 Å². The molecule has 6 heteroatoms. The lowest BCUT2D eigenvalue weighted by molar-refractivity contribution is 0.102. The Morgan fingerprint density at radius 2 is 2.22 bits per heavy atom. The van der Waals surface area contributed by atoms with Crippen LogP contribution >= 0.6 is 33.9 Å². The van der Waals surface area contributed by atoms with Crippen molar-refractivity contribution in [2.24, 2.45) is 0 Å². The molecule has 1 aromatic heterocycles. The molecule has 0 unspecified atom stereocenters. The highest BCUT2D eigenvalue weighted by atomic mass is 127. The third-order valence-electron chi connectivity index (χ3n) is 2.18. The van der Waals surface area contributed by atoms with Gasteiger partial charge in [0.1, 0.15) is 11.9 Å². The van der Waals surface area contributed by atoms with Crippen LogP contribution in [-0.4, -0.2) is 5.91 Å². The Morgan fingerprint density at radius 3 is 2.83 bits per heavy atom. The van der Waals surface area contributed by atoms with Gasteiger partial charge in [0.05, 0.1) is 19.7 Å². The first kappa shape index (κ1) is 13.0. The molecular weight excluding hydrogens is 366 g/mol. The summed E-state index contributed by atoms with van der Waals surface area (Å²) in [5.74, 6) is -0.813. The Hall–Kier alpha value is -1.46. The molecule has 0 aliphatic rings. The average molecular weight is 372 g/mol. The van der Waals surface area contributed by atoms with Gasteiger partial charge < -0.3 is 5.32 Å². The molecule has 0 aliphatic heterocycles. The minimum Gasteiger partial charge on any atom is -0.321 e. The van der Waals surface area contributed by atoms with E-state index in [-0.39, 0.29) is 11.5 Å². The summed E-state index contributed by atoms with van der Waals surface area (Å²) in [6, 6.07) is 7.26. The number of thiophene rings is 1. The maximum atomic E-state index is 12.9. The molecule has 0 bridgehead atoms. The van der Waals surface area contributed by atoms with Crippen molar-refractivity contribution in [3.8, 4) is 6.07 Å². The van der Waals surface area contributed by atoms with Gasteiger partial charge in [0.15, 0.2) is 0 Å². The smallest absolute Gasteiger partial charge is 0.256 e. The first-order valence-electron chi connectivity index (χ1n) is 4.85. The number of halogens is 2. The molecule has 0 aliphatic carbocycles. The van der Waals surface area contributed by atoms with E-state index in [4.69, 9.17) is 5.26 Å². The third kappa shape index (κ3) is 2.86. The summed E-state index contributed by atoms with van der Waals surface area (Å²) >= 11 is 3.58. The number of carbonyl (C=O) groups is 1. The predicted molar refractivity (Wildman–Crippen MR) is 76.1 cm³/mol. The second-order valence-electron chi connectivity index (χ2n) is 3.40. The number of rotatable bonds is 2. The normalized spacial score (nSPS) is 9.83. The summed E-state index contributed by atoms with van der Waals surface area (Å²) < 4.78 is 13.9. The quantitative estimate of drug-likeness (QED) is 0.819. The number of anilines is 1. The second-order valence-corrected chi connectivity index (χ2v) is 6.20. The van der Waals surface area contributed by atoms with E-state index in [1.165, 1.54) is 23.5 Å². The van der Waals surface area contributed by atoms with Crippen molar-refractivity contribution in [1.82, 2.24) is 0 Å². The van der Waals surface area contributed by atoms with Crippen LogP contribution in [0.5, 0.6) is 0 Å². The number of hydrogen-bond acceptors (Lipinski definition) is 3. The van der Waals surface area contributed by atoms with Gasteiger partial charge >= 0.3 is 0 Å². The summed E-state index contributed by atoms with van der Waals surface area (Å²) in [5, 5.41) is 13.2. The first-order valence-corrected chi connectivity index (χ1v) is 6.81. The molecule has 0 atom stereocenters. The van der Waals surface area contributed by atoms with E-state index in [9.17, 15) is 9.18 Å². The third-order valence-corrected chi connectivity index (χ3v) is 3.97. The molecule has 1 N–H and O–H groups in total. The van der Waals surface area contributed by atoms with Gasteiger partial charge in [-0.1, -0.05) is 0 Å². The van der Waals surface area contributed by atoms with Crippen LogP contribution in [0.25, 0.3) is 0 Å². The Balaban J connectivity index is 2.25. The zero-order chi connectivity index (χ0) is 13.1. The fourth-order valence-electron chi connectivity index (χ4n) is 1.34. The van der Waals surface area contributed by atoms with Gasteiger partial charge in [-0.15, -0.1) is 11.3 Å². The van der Waals surface area contributed by atoms with Crippen LogP contribution in [-0.2, 0) is 0 Å². The molecule has 18 heavy (non-hydrogen) atoms. The Labute approximate surface area is 120 Å². The van der Waals surface area contributed by atoms with Gasteiger partial charge in [0.25, 0.3) is 5.91 Å². The van der Waals surface area contributed by atoms with Crippen molar-refractivity contribution in [2.75, 3.05) is 5.32 Å².